The Morgan fingerprint density at radius 1 is 1.11 bits per heavy atom. The summed E-state index contributed by atoms with van der Waals surface area (Å²) >= 11 is 5.88. The lowest BCUT2D eigenvalue weighted by Gasteiger charge is -2.11. The fourth-order valence-corrected chi connectivity index (χ4v) is 2.91. The van der Waals surface area contributed by atoms with Crippen LogP contribution in [0.2, 0.25) is 5.02 Å². The van der Waals surface area contributed by atoms with Gasteiger partial charge in [-0.25, -0.2) is 4.98 Å². The molecule has 0 bridgehead atoms. The number of ether oxygens (including phenoxy) is 1. The number of imidazole rings is 1. The number of benzene rings is 2. The summed E-state index contributed by atoms with van der Waals surface area (Å²) in [4.78, 5) is 27.0. The Morgan fingerprint density at radius 3 is 2.61 bits per heavy atom. The standard InChI is InChI=1S/C20H20ClN3O4/c21-14-5-7-15(8-6-14)28-12-11-24-17-4-2-1-3-16(17)23-18(24)13-22-19(25)9-10-20(26)27/h1-8H,9-13H2,(H,22,25)(H,26,27). The highest BCUT2D eigenvalue weighted by molar-refractivity contribution is 6.30. The van der Waals surface area contributed by atoms with Crippen molar-refractivity contribution in [1.29, 1.82) is 0 Å². The molecule has 0 fully saturated rings. The number of para-hydroxylation sites is 2. The zero-order chi connectivity index (χ0) is 19.9. The van der Waals surface area contributed by atoms with Gasteiger partial charge in [0.1, 0.15) is 18.2 Å². The number of amides is 1. The molecule has 0 atom stereocenters. The van der Waals surface area contributed by atoms with Gasteiger partial charge < -0.3 is 19.7 Å². The van der Waals surface area contributed by atoms with Crippen LogP contribution in [0.4, 0.5) is 0 Å². The molecule has 146 valence electrons. The van der Waals surface area contributed by atoms with Crippen LogP contribution in [0.3, 0.4) is 0 Å². The summed E-state index contributed by atoms with van der Waals surface area (Å²) in [5.41, 5.74) is 1.76. The van der Waals surface area contributed by atoms with Gasteiger partial charge in [0.05, 0.1) is 30.5 Å². The number of halogens is 1. The fraction of sp³-hybridized carbons (Fsp3) is 0.250. The third kappa shape index (κ3) is 5.23. The molecule has 7 nitrogen and oxygen atoms in total. The Bertz CT molecular complexity index is 969. The number of rotatable bonds is 9. The van der Waals surface area contributed by atoms with E-state index < -0.39 is 5.97 Å². The first-order valence-electron chi connectivity index (χ1n) is 8.84. The molecule has 0 aliphatic carbocycles. The molecule has 1 aromatic heterocycles. The largest absolute Gasteiger partial charge is 0.492 e. The summed E-state index contributed by atoms with van der Waals surface area (Å²) in [5.74, 6) is 0.0853. The normalized spacial score (nSPS) is 10.8. The van der Waals surface area contributed by atoms with Gasteiger partial charge in [-0.15, -0.1) is 0 Å². The molecule has 0 aliphatic heterocycles. The molecule has 0 radical (unpaired) electrons. The lowest BCUT2D eigenvalue weighted by molar-refractivity contribution is -0.138. The Balaban J connectivity index is 1.67. The van der Waals surface area contributed by atoms with Crippen LogP contribution in [-0.4, -0.2) is 33.1 Å². The summed E-state index contributed by atoms with van der Waals surface area (Å²) in [5, 5.41) is 12.1. The summed E-state index contributed by atoms with van der Waals surface area (Å²) < 4.78 is 7.76. The van der Waals surface area contributed by atoms with E-state index in [1.807, 2.05) is 28.8 Å². The van der Waals surface area contributed by atoms with Crippen LogP contribution in [0, 0.1) is 0 Å². The van der Waals surface area contributed by atoms with Crippen LogP contribution in [0.1, 0.15) is 18.7 Å². The van der Waals surface area contributed by atoms with Crippen molar-refractivity contribution in [3.8, 4) is 5.75 Å². The number of carbonyl (C=O) groups is 2. The van der Waals surface area contributed by atoms with E-state index >= 15 is 0 Å². The van der Waals surface area contributed by atoms with Gasteiger partial charge in [0.2, 0.25) is 5.91 Å². The second-order valence-electron chi connectivity index (χ2n) is 6.14. The lowest BCUT2D eigenvalue weighted by atomic mass is 10.3. The van der Waals surface area contributed by atoms with Crippen molar-refractivity contribution < 1.29 is 19.4 Å². The second-order valence-corrected chi connectivity index (χ2v) is 6.58. The van der Waals surface area contributed by atoms with Gasteiger partial charge in [0.25, 0.3) is 0 Å². The summed E-state index contributed by atoms with van der Waals surface area (Å²) in [6, 6.07) is 14.8. The summed E-state index contributed by atoms with van der Waals surface area (Å²) in [6.07, 6.45) is -0.258. The van der Waals surface area contributed by atoms with Gasteiger partial charge in [0, 0.05) is 11.4 Å². The van der Waals surface area contributed by atoms with Crippen LogP contribution >= 0.6 is 11.6 Å². The van der Waals surface area contributed by atoms with E-state index in [-0.39, 0.29) is 25.3 Å². The van der Waals surface area contributed by atoms with Crippen LogP contribution < -0.4 is 10.1 Å². The van der Waals surface area contributed by atoms with Gasteiger partial charge in [-0.2, -0.15) is 0 Å². The van der Waals surface area contributed by atoms with Crippen molar-refractivity contribution in [2.24, 2.45) is 0 Å². The molecule has 28 heavy (non-hydrogen) atoms. The number of hydrogen-bond acceptors (Lipinski definition) is 4. The van der Waals surface area contributed by atoms with Crippen molar-refractivity contribution >= 4 is 34.5 Å². The second kappa shape index (κ2) is 9.23. The first-order chi connectivity index (χ1) is 13.5. The van der Waals surface area contributed by atoms with Crippen LogP contribution in [0.5, 0.6) is 5.75 Å². The van der Waals surface area contributed by atoms with E-state index in [0.717, 1.165) is 16.8 Å². The molecule has 0 aliphatic rings. The Labute approximate surface area is 166 Å². The molecule has 0 unspecified atom stereocenters. The van der Waals surface area contributed by atoms with E-state index in [2.05, 4.69) is 10.3 Å². The molecule has 1 heterocycles. The minimum absolute atomic E-state index is 0.0603. The molecular weight excluding hydrogens is 382 g/mol. The van der Waals surface area contributed by atoms with Crippen LogP contribution in [0.15, 0.2) is 48.5 Å². The number of carboxylic acid groups (broad SMARTS) is 1. The fourth-order valence-electron chi connectivity index (χ4n) is 2.78. The molecular formula is C20H20ClN3O4. The Morgan fingerprint density at radius 2 is 1.86 bits per heavy atom. The van der Waals surface area contributed by atoms with Gasteiger partial charge in [-0.05, 0) is 36.4 Å². The maximum absolute atomic E-state index is 11.8. The maximum Gasteiger partial charge on any atom is 0.303 e. The molecule has 3 rings (SSSR count). The van der Waals surface area contributed by atoms with E-state index in [1.54, 1.807) is 24.3 Å². The average molecular weight is 402 g/mol. The molecule has 0 saturated heterocycles. The minimum atomic E-state index is -0.998. The molecule has 3 aromatic rings. The van der Waals surface area contributed by atoms with Crippen molar-refractivity contribution in [3.05, 3.63) is 59.4 Å². The van der Waals surface area contributed by atoms with E-state index in [4.69, 9.17) is 21.4 Å². The number of aromatic nitrogens is 2. The topological polar surface area (TPSA) is 93.5 Å². The highest BCUT2D eigenvalue weighted by atomic mass is 35.5. The average Bonchev–Trinajstić information content (AvgIpc) is 3.04. The molecule has 8 heteroatoms. The van der Waals surface area contributed by atoms with Crippen molar-refractivity contribution in [2.45, 2.75) is 25.9 Å². The monoisotopic (exact) mass is 401 g/mol. The number of nitrogens with one attached hydrogen (secondary N) is 1. The number of hydrogen-bond donors (Lipinski definition) is 2. The van der Waals surface area contributed by atoms with Gasteiger partial charge in [-0.3, -0.25) is 9.59 Å². The number of nitrogens with zero attached hydrogens (tertiary/aromatic N) is 2. The smallest absolute Gasteiger partial charge is 0.303 e. The van der Waals surface area contributed by atoms with Crippen LogP contribution in [0.25, 0.3) is 11.0 Å². The van der Waals surface area contributed by atoms with E-state index in [1.165, 1.54) is 0 Å². The van der Waals surface area contributed by atoms with Crippen molar-refractivity contribution in [3.63, 3.8) is 0 Å². The number of carboxylic acids is 1. The lowest BCUT2D eigenvalue weighted by Crippen LogP contribution is -2.25. The predicted octanol–water partition coefficient (Wildman–Crippen LogP) is 3.25. The van der Waals surface area contributed by atoms with E-state index in [0.29, 0.717) is 24.0 Å². The van der Waals surface area contributed by atoms with E-state index in [9.17, 15) is 9.59 Å². The maximum atomic E-state index is 11.8. The molecule has 2 aromatic carbocycles. The zero-order valence-electron chi connectivity index (χ0n) is 15.1. The van der Waals surface area contributed by atoms with Crippen molar-refractivity contribution in [2.75, 3.05) is 6.61 Å². The Kier molecular flexibility index (Phi) is 6.49. The summed E-state index contributed by atoms with van der Waals surface area (Å²) in [6.45, 7) is 1.18. The van der Waals surface area contributed by atoms with Crippen molar-refractivity contribution in [1.82, 2.24) is 14.9 Å². The first-order valence-corrected chi connectivity index (χ1v) is 9.22. The molecule has 0 saturated carbocycles. The highest BCUT2D eigenvalue weighted by Crippen LogP contribution is 2.18. The van der Waals surface area contributed by atoms with Gasteiger partial charge in [0.15, 0.2) is 0 Å². The van der Waals surface area contributed by atoms with Gasteiger partial charge in [-0.1, -0.05) is 23.7 Å². The van der Waals surface area contributed by atoms with Crippen LogP contribution in [-0.2, 0) is 22.7 Å². The predicted molar refractivity (Wildman–Crippen MR) is 105 cm³/mol. The quantitative estimate of drug-likeness (QED) is 0.574. The molecule has 2 N–H and O–H groups in total. The molecule has 0 spiro atoms. The molecule has 1 amide bonds. The third-order valence-electron chi connectivity index (χ3n) is 4.14. The zero-order valence-corrected chi connectivity index (χ0v) is 15.9. The first kappa shape index (κ1) is 19.7. The Hall–Kier alpha value is -3.06. The number of carbonyl (C=O) groups excluding carboxylic acids is 1. The third-order valence-corrected chi connectivity index (χ3v) is 4.39. The van der Waals surface area contributed by atoms with Gasteiger partial charge >= 0.3 is 5.97 Å². The number of aliphatic carboxylic acids is 1. The minimum Gasteiger partial charge on any atom is -0.492 e. The summed E-state index contributed by atoms with van der Waals surface area (Å²) in [7, 11) is 0. The highest BCUT2D eigenvalue weighted by Gasteiger charge is 2.12. The SMILES string of the molecule is O=C(O)CCC(=O)NCc1nc2ccccc2n1CCOc1ccc(Cl)cc1. The number of fused-ring (bicyclic) bond motifs is 1.